The van der Waals surface area contributed by atoms with Crippen molar-refractivity contribution in [2.24, 2.45) is 0 Å². The summed E-state index contributed by atoms with van der Waals surface area (Å²) in [7, 11) is 0. The molecule has 3 aromatic rings. The number of anilines is 2. The average Bonchev–Trinajstić information content (AvgIpc) is 2.66. The van der Waals surface area contributed by atoms with E-state index >= 15 is 0 Å². The maximum Gasteiger partial charge on any atom is 0.255 e. The van der Waals surface area contributed by atoms with Gasteiger partial charge in [0.25, 0.3) is 11.8 Å². The molecule has 3 rings (SSSR count). The number of carbonyl (C=O) groups excluding carboxylic acids is 2. The molecular formula is C22H19BrN2O2. The van der Waals surface area contributed by atoms with Crippen LogP contribution in [-0.2, 0) is 0 Å². The zero-order valence-corrected chi connectivity index (χ0v) is 16.6. The van der Waals surface area contributed by atoms with Gasteiger partial charge < -0.3 is 10.6 Å². The largest absolute Gasteiger partial charge is 0.322 e. The first kappa shape index (κ1) is 18.9. The molecule has 0 spiro atoms. The van der Waals surface area contributed by atoms with E-state index in [0.29, 0.717) is 22.5 Å². The van der Waals surface area contributed by atoms with Gasteiger partial charge in [-0.3, -0.25) is 9.59 Å². The van der Waals surface area contributed by atoms with Crippen LogP contribution in [0.2, 0.25) is 0 Å². The molecule has 0 saturated carbocycles. The lowest BCUT2D eigenvalue weighted by Gasteiger charge is -2.09. The molecule has 0 atom stereocenters. The van der Waals surface area contributed by atoms with E-state index in [2.05, 4.69) is 26.6 Å². The zero-order valence-electron chi connectivity index (χ0n) is 15.0. The van der Waals surface area contributed by atoms with Gasteiger partial charge in [0.15, 0.2) is 0 Å². The standard InChI is InChI=1S/C22H19BrN2O2/c1-14-3-4-17(13-15(14)2)22(27)25-20-11-9-19(10-12-20)24-21(26)16-5-7-18(23)8-6-16/h3-13H,1-2H3,(H,24,26)(H,25,27). The van der Waals surface area contributed by atoms with E-state index in [4.69, 9.17) is 0 Å². The third-order valence-corrected chi connectivity index (χ3v) is 4.80. The van der Waals surface area contributed by atoms with Crippen molar-refractivity contribution in [2.45, 2.75) is 13.8 Å². The minimum atomic E-state index is -0.186. The number of nitrogens with one attached hydrogen (secondary N) is 2. The monoisotopic (exact) mass is 422 g/mol. The average molecular weight is 423 g/mol. The van der Waals surface area contributed by atoms with Crippen LogP contribution in [0.5, 0.6) is 0 Å². The molecule has 27 heavy (non-hydrogen) atoms. The first-order valence-corrected chi connectivity index (χ1v) is 9.27. The second-order valence-electron chi connectivity index (χ2n) is 6.29. The van der Waals surface area contributed by atoms with Crippen LogP contribution in [0.15, 0.2) is 71.2 Å². The van der Waals surface area contributed by atoms with E-state index in [9.17, 15) is 9.59 Å². The first-order valence-electron chi connectivity index (χ1n) is 8.48. The van der Waals surface area contributed by atoms with Crippen molar-refractivity contribution in [3.63, 3.8) is 0 Å². The van der Waals surface area contributed by atoms with E-state index in [0.717, 1.165) is 15.6 Å². The zero-order chi connectivity index (χ0) is 19.4. The molecule has 3 aromatic carbocycles. The second-order valence-corrected chi connectivity index (χ2v) is 7.21. The summed E-state index contributed by atoms with van der Waals surface area (Å²) in [4.78, 5) is 24.6. The third-order valence-electron chi connectivity index (χ3n) is 4.28. The van der Waals surface area contributed by atoms with Crippen LogP contribution < -0.4 is 10.6 Å². The van der Waals surface area contributed by atoms with Gasteiger partial charge in [-0.2, -0.15) is 0 Å². The Morgan fingerprint density at radius 3 is 1.67 bits per heavy atom. The molecule has 0 bridgehead atoms. The quantitative estimate of drug-likeness (QED) is 0.577. The Labute approximate surface area is 166 Å². The van der Waals surface area contributed by atoms with Crippen molar-refractivity contribution in [1.82, 2.24) is 0 Å². The predicted molar refractivity (Wildman–Crippen MR) is 112 cm³/mol. The third kappa shape index (κ3) is 4.83. The summed E-state index contributed by atoms with van der Waals surface area (Å²) in [5.74, 6) is -0.348. The van der Waals surface area contributed by atoms with Crippen LogP contribution >= 0.6 is 15.9 Å². The van der Waals surface area contributed by atoms with Crippen LogP contribution in [-0.4, -0.2) is 11.8 Å². The van der Waals surface area contributed by atoms with Crippen LogP contribution in [0, 0.1) is 13.8 Å². The fraction of sp³-hybridized carbons (Fsp3) is 0.0909. The molecule has 5 heteroatoms. The number of hydrogen-bond acceptors (Lipinski definition) is 2. The van der Waals surface area contributed by atoms with Crippen molar-refractivity contribution in [2.75, 3.05) is 10.6 Å². The molecular weight excluding hydrogens is 404 g/mol. The molecule has 0 aliphatic rings. The highest BCUT2D eigenvalue weighted by atomic mass is 79.9. The van der Waals surface area contributed by atoms with Gasteiger partial charge in [-0.15, -0.1) is 0 Å². The molecule has 2 amide bonds. The Balaban J connectivity index is 1.64. The lowest BCUT2D eigenvalue weighted by Crippen LogP contribution is -2.13. The number of carbonyl (C=O) groups is 2. The van der Waals surface area contributed by atoms with Gasteiger partial charge in [-0.1, -0.05) is 22.0 Å². The number of halogens is 1. The lowest BCUT2D eigenvalue weighted by molar-refractivity contribution is 0.101. The highest BCUT2D eigenvalue weighted by Gasteiger charge is 2.09. The summed E-state index contributed by atoms with van der Waals surface area (Å²) in [5.41, 5.74) is 4.74. The van der Waals surface area contributed by atoms with Crippen molar-refractivity contribution in [1.29, 1.82) is 0 Å². The van der Waals surface area contributed by atoms with Crippen molar-refractivity contribution < 1.29 is 9.59 Å². The van der Waals surface area contributed by atoms with E-state index in [1.54, 1.807) is 36.4 Å². The van der Waals surface area contributed by atoms with Gasteiger partial charge in [0.1, 0.15) is 0 Å². The van der Waals surface area contributed by atoms with Gasteiger partial charge in [0.2, 0.25) is 0 Å². The Bertz CT molecular complexity index is 980. The number of hydrogen-bond donors (Lipinski definition) is 2. The van der Waals surface area contributed by atoms with Gasteiger partial charge in [-0.05, 0) is 85.6 Å². The number of benzene rings is 3. The first-order chi connectivity index (χ1) is 12.9. The van der Waals surface area contributed by atoms with Gasteiger partial charge in [0.05, 0.1) is 0 Å². The maximum absolute atomic E-state index is 12.4. The van der Waals surface area contributed by atoms with Crippen molar-refractivity contribution in [3.05, 3.63) is 93.5 Å². The van der Waals surface area contributed by atoms with Crippen LogP contribution in [0.4, 0.5) is 11.4 Å². The van der Waals surface area contributed by atoms with Crippen molar-refractivity contribution >= 4 is 39.1 Å². The minimum Gasteiger partial charge on any atom is -0.322 e. The smallest absolute Gasteiger partial charge is 0.255 e. The Hall–Kier alpha value is -2.92. The summed E-state index contributed by atoms with van der Waals surface area (Å²) in [6, 6.07) is 19.8. The number of amides is 2. The van der Waals surface area contributed by atoms with Crippen LogP contribution in [0.3, 0.4) is 0 Å². The molecule has 0 saturated heterocycles. The topological polar surface area (TPSA) is 58.2 Å². The minimum absolute atomic E-state index is 0.162. The van der Waals surface area contributed by atoms with Gasteiger partial charge >= 0.3 is 0 Å². The van der Waals surface area contributed by atoms with E-state index in [1.165, 1.54) is 0 Å². The maximum atomic E-state index is 12.4. The number of aryl methyl sites for hydroxylation is 2. The van der Waals surface area contributed by atoms with E-state index in [-0.39, 0.29) is 11.8 Å². The molecule has 136 valence electrons. The molecule has 0 unspecified atom stereocenters. The Morgan fingerprint density at radius 1 is 0.667 bits per heavy atom. The van der Waals surface area contributed by atoms with Gasteiger partial charge in [-0.25, -0.2) is 0 Å². The van der Waals surface area contributed by atoms with E-state index < -0.39 is 0 Å². The molecule has 0 aliphatic heterocycles. The van der Waals surface area contributed by atoms with Gasteiger partial charge in [0, 0.05) is 27.0 Å². The second kappa shape index (κ2) is 8.18. The molecule has 0 aromatic heterocycles. The Kier molecular flexibility index (Phi) is 5.72. The molecule has 0 fully saturated rings. The highest BCUT2D eigenvalue weighted by Crippen LogP contribution is 2.17. The summed E-state index contributed by atoms with van der Waals surface area (Å²) in [6.07, 6.45) is 0. The predicted octanol–water partition coefficient (Wildman–Crippen LogP) is 5.57. The lowest BCUT2D eigenvalue weighted by atomic mass is 10.1. The molecule has 0 heterocycles. The van der Waals surface area contributed by atoms with E-state index in [1.807, 2.05) is 44.2 Å². The molecule has 0 aliphatic carbocycles. The van der Waals surface area contributed by atoms with Crippen molar-refractivity contribution in [3.8, 4) is 0 Å². The fourth-order valence-corrected chi connectivity index (χ4v) is 2.79. The summed E-state index contributed by atoms with van der Waals surface area (Å²) < 4.78 is 0.919. The summed E-state index contributed by atoms with van der Waals surface area (Å²) in [6.45, 7) is 3.99. The van der Waals surface area contributed by atoms with Crippen LogP contribution in [0.25, 0.3) is 0 Å². The molecule has 0 radical (unpaired) electrons. The SMILES string of the molecule is Cc1ccc(C(=O)Nc2ccc(NC(=O)c3ccc(Br)cc3)cc2)cc1C. The molecule has 2 N–H and O–H groups in total. The summed E-state index contributed by atoms with van der Waals surface area (Å²) >= 11 is 3.35. The number of rotatable bonds is 4. The van der Waals surface area contributed by atoms with Crippen LogP contribution in [0.1, 0.15) is 31.8 Å². The molecule has 4 nitrogen and oxygen atoms in total. The fourth-order valence-electron chi connectivity index (χ4n) is 2.53. The summed E-state index contributed by atoms with van der Waals surface area (Å²) in [5, 5.41) is 5.70. The Morgan fingerprint density at radius 2 is 1.15 bits per heavy atom. The normalized spacial score (nSPS) is 10.3. The highest BCUT2D eigenvalue weighted by molar-refractivity contribution is 9.10.